The molecule has 2 saturated carbocycles. The predicted molar refractivity (Wildman–Crippen MR) is 78.1 cm³/mol. The summed E-state index contributed by atoms with van der Waals surface area (Å²) in [4.78, 5) is 8.15. The number of hydrogen-bond acceptors (Lipinski definition) is 4. The third kappa shape index (κ3) is 1.97. The van der Waals surface area contributed by atoms with Crippen LogP contribution in [-0.4, -0.2) is 16.0 Å². The monoisotopic (exact) mass is 280 g/mol. The van der Waals surface area contributed by atoms with E-state index in [4.69, 9.17) is 17.3 Å². The zero-order chi connectivity index (χ0) is 13.8. The van der Waals surface area contributed by atoms with Crippen LogP contribution in [0.1, 0.15) is 40.0 Å². The van der Waals surface area contributed by atoms with E-state index in [2.05, 4.69) is 36.1 Å². The van der Waals surface area contributed by atoms with E-state index in [-0.39, 0.29) is 11.4 Å². The second-order valence-electron chi connectivity index (χ2n) is 6.93. The molecule has 104 valence electrons. The Labute approximate surface area is 119 Å². The van der Waals surface area contributed by atoms with Crippen LogP contribution in [0.15, 0.2) is 6.07 Å². The molecular formula is C14H21ClN4. The lowest BCUT2D eigenvalue weighted by Crippen LogP contribution is -2.46. The lowest BCUT2D eigenvalue weighted by atomic mass is 9.68. The fraction of sp³-hybridized carbons (Fsp3) is 0.714. The molecule has 2 bridgehead atoms. The van der Waals surface area contributed by atoms with E-state index < -0.39 is 0 Å². The zero-order valence-electron chi connectivity index (χ0n) is 11.7. The number of nitrogens with one attached hydrogen (secondary N) is 1. The molecule has 1 aromatic rings. The Hall–Kier alpha value is -1.03. The molecule has 0 aliphatic heterocycles. The minimum absolute atomic E-state index is 0.223. The highest BCUT2D eigenvalue weighted by Gasteiger charge is 2.59. The van der Waals surface area contributed by atoms with Gasteiger partial charge in [0.15, 0.2) is 0 Å². The molecular weight excluding hydrogens is 260 g/mol. The third-order valence-corrected chi connectivity index (χ3v) is 5.47. The van der Waals surface area contributed by atoms with Gasteiger partial charge in [-0.2, -0.15) is 4.98 Å². The van der Waals surface area contributed by atoms with Crippen LogP contribution in [0.5, 0.6) is 0 Å². The van der Waals surface area contributed by atoms with Crippen molar-refractivity contribution in [2.75, 3.05) is 11.1 Å². The van der Waals surface area contributed by atoms with Crippen molar-refractivity contribution in [1.82, 2.24) is 9.97 Å². The number of nitrogens with two attached hydrogens (primary N) is 1. The number of nitrogen functional groups attached to an aromatic ring is 1. The molecule has 2 aliphatic rings. The van der Waals surface area contributed by atoms with E-state index in [1.807, 2.05) is 0 Å². The Bertz CT molecular complexity index is 491. The van der Waals surface area contributed by atoms with Gasteiger partial charge in [0, 0.05) is 12.1 Å². The third-order valence-electron chi connectivity index (χ3n) is 5.27. The summed E-state index contributed by atoms with van der Waals surface area (Å²) in [5.41, 5.74) is 6.29. The van der Waals surface area contributed by atoms with Crippen LogP contribution in [0.25, 0.3) is 0 Å². The largest absolute Gasteiger partial charge is 0.368 e. The van der Waals surface area contributed by atoms with Crippen LogP contribution in [-0.2, 0) is 0 Å². The van der Waals surface area contributed by atoms with E-state index in [1.165, 1.54) is 19.3 Å². The van der Waals surface area contributed by atoms with Crippen LogP contribution < -0.4 is 11.1 Å². The van der Waals surface area contributed by atoms with Gasteiger partial charge >= 0.3 is 0 Å². The lowest BCUT2D eigenvalue weighted by Gasteiger charge is -2.43. The minimum atomic E-state index is 0.223. The van der Waals surface area contributed by atoms with Crippen LogP contribution >= 0.6 is 11.6 Å². The molecule has 1 aromatic heterocycles. The maximum absolute atomic E-state index is 5.95. The number of nitrogens with zero attached hydrogens (tertiary/aromatic N) is 2. The molecule has 0 spiro atoms. The molecule has 3 unspecified atom stereocenters. The predicted octanol–water partition coefficient (Wildman–Crippen LogP) is 3.34. The van der Waals surface area contributed by atoms with E-state index in [0.717, 1.165) is 11.7 Å². The summed E-state index contributed by atoms with van der Waals surface area (Å²) in [6.45, 7) is 7.09. The summed E-state index contributed by atoms with van der Waals surface area (Å²) in [6.07, 6.45) is 3.92. The van der Waals surface area contributed by atoms with Crippen molar-refractivity contribution in [2.45, 2.75) is 46.1 Å². The topological polar surface area (TPSA) is 63.8 Å². The van der Waals surface area contributed by atoms with Crippen molar-refractivity contribution in [3.8, 4) is 0 Å². The van der Waals surface area contributed by atoms with Crippen LogP contribution in [0.3, 0.4) is 0 Å². The maximum Gasteiger partial charge on any atom is 0.223 e. The molecule has 4 nitrogen and oxygen atoms in total. The lowest BCUT2D eigenvalue weighted by molar-refractivity contribution is 0.155. The van der Waals surface area contributed by atoms with Gasteiger partial charge in [-0.3, -0.25) is 0 Å². The van der Waals surface area contributed by atoms with Gasteiger partial charge in [0.1, 0.15) is 11.0 Å². The van der Waals surface area contributed by atoms with Gasteiger partial charge in [0.25, 0.3) is 0 Å². The van der Waals surface area contributed by atoms with E-state index >= 15 is 0 Å². The van der Waals surface area contributed by atoms with Crippen LogP contribution in [0, 0.1) is 16.7 Å². The van der Waals surface area contributed by atoms with E-state index in [0.29, 0.717) is 16.6 Å². The second kappa shape index (κ2) is 3.98. The molecule has 0 saturated heterocycles. The van der Waals surface area contributed by atoms with Gasteiger partial charge in [0.2, 0.25) is 5.95 Å². The number of anilines is 2. The number of halogens is 1. The first-order valence-electron chi connectivity index (χ1n) is 6.88. The molecule has 3 N–H and O–H groups in total. The zero-order valence-corrected chi connectivity index (χ0v) is 12.5. The Balaban J connectivity index is 1.90. The quantitative estimate of drug-likeness (QED) is 0.816. The van der Waals surface area contributed by atoms with Crippen molar-refractivity contribution in [2.24, 2.45) is 16.7 Å². The van der Waals surface area contributed by atoms with Gasteiger partial charge in [-0.1, -0.05) is 32.4 Å². The summed E-state index contributed by atoms with van der Waals surface area (Å²) in [7, 11) is 0. The van der Waals surface area contributed by atoms with E-state index in [1.54, 1.807) is 6.07 Å². The minimum Gasteiger partial charge on any atom is -0.368 e. The van der Waals surface area contributed by atoms with Gasteiger partial charge in [-0.15, -0.1) is 0 Å². The summed E-state index contributed by atoms with van der Waals surface area (Å²) in [5.74, 6) is 1.76. The SMILES string of the molecule is CC12CCC(C1)C(C)(C)C2Nc1cc(Cl)nc(N)n1. The van der Waals surface area contributed by atoms with Crippen molar-refractivity contribution < 1.29 is 0 Å². The van der Waals surface area contributed by atoms with Crippen molar-refractivity contribution >= 4 is 23.4 Å². The Kier molecular flexibility index (Phi) is 2.72. The fourth-order valence-electron chi connectivity index (χ4n) is 4.32. The average Bonchev–Trinajstić information content (AvgIpc) is 2.74. The molecule has 0 amide bonds. The number of rotatable bonds is 2. The summed E-state index contributed by atoms with van der Waals surface area (Å²) in [6, 6.07) is 2.16. The first-order chi connectivity index (χ1) is 8.81. The molecule has 19 heavy (non-hydrogen) atoms. The first-order valence-corrected chi connectivity index (χ1v) is 7.26. The molecule has 3 atom stereocenters. The molecule has 2 aliphatic carbocycles. The maximum atomic E-state index is 5.95. The van der Waals surface area contributed by atoms with Crippen LogP contribution in [0.2, 0.25) is 5.15 Å². The normalized spacial score (nSPS) is 35.6. The fourth-order valence-corrected chi connectivity index (χ4v) is 4.51. The first kappa shape index (κ1) is 13.0. The Morgan fingerprint density at radius 2 is 2.11 bits per heavy atom. The number of aromatic nitrogens is 2. The summed E-state index contributed by atoms with van der Waals surface area (Å²) < 4.78 is 0. The Morgan fingerprint density at radius 1 is 1.37 bits per heavy atom. The smallest absolute Gasteiger partial charge is 0.223 e. The molecule has 5 heteroatoms. The Morgan fingerprint density at radius 3 is 2.68 bits per heavy atom. The highest BCUT2D eigenvalue weighted by Crippen LogP contribution is 2.63. The number of hydrogen-bond donors (Lipinski definition) is 2. The van der Waals surface area contributed by atoms with E-state index in [9.17, 15) is 0 Å². The molecule has 0 radical (unpaired) electrons. The molecule has 3 rings (SSSR count). The highest BCUT2D eigenvalue weighted by atomic mass is 35.5. The van der Waals surface area contributed by atoms with Crippen molar-refractivity contribution in [3.05, 3.63) is 11.2 Å². The van der Waals surface area contributed by atoms with Crippen LogP contribution in [0.4, 0.5) is 11.8 Å². The van der Waals surface area contributed by atoms with Gasteiger partial charge in [-0.05, 0) is 36.0 Å². The standard InChI is InChI=1S/C14H21ClN4/c1-13(2)8-4-5-14(3,7-8)11(13)18-10-6-9(15)17-12(16)19-10/h6,8,11H,4-5,7H2,1-3H3,(H3,16,17,18,19). The van der Waals surface area contributed by atoms with Gasteiger partial charge < -0.3 is 11.1 Å². The second-order valence-corrected chi connectivity index (χ2v) is 7.31. The number of fused-ring (bicyclic) bond motifs is 2. The summed E-state index contributed by atoms with van der Waals surface area (Å²) >= 11 is 5.95. The average molecular weight is 281 g/mol. The van der Waals surface area contributed by atoms with Gasteiger partial charge in [0.05, 0.1) is 0 Å². The highest BCUT2D eigenvalue weighted by molar-refractivity contribution is 6.29. The van der Waals surface area contributed by atoms with Crippen molar-refractivity contribution in [3.63, 3.8) is 0 Å². The van der Waals surface area contributed by atoms with Crippen molar-refractivity contribution in [1.29, 1.82) is 0 Å². The summed E-state index contributed by atoms with van der Waals surface area (Å²) in [5, 5.41) is 3.96. The molecule has 1 heterocycles. The molecule has 2 fully saturated rings. The molecule has 0 aromatic carbocycles. The van der Waals surface area contributed by atoms with Gasteiger partial charge in [-0.25, -0.2) is 4.98 Å².